The quantitative estimate of drug-likeness (QED) is 0.832. The topological polar surface area (TPSA) is 42.4 Å². The van der Waals surface area contributed by atoms with Gasteiger partial charge in [-0.1, -0.05) is 6.07 Å². The summed E-state index contributed by atoms with van der Waals surface area (Å²) in [6.07, 6.45) is 7.27. The van der Waals surface area contributed by atoms with Gasteiger partial charge in [-0.05, 0) is 31.7 Å². The molecule has 88 valence electrons. The third kappa shape index (κ3) is 2.25. The summed E-state index contributed by atoms with van der Waals surface area (Å²) in [5.41, 5.74) is 1.26. The molecule has 0 aromatic carbocycles. The van der Waals surface area contributed by atoms with Gasteiger partial charge < -0.3 is 9.84 Å². The highest BCUT2D eigenvalue weighted by Crippen LogP contribution is 2.37. The van der Waals surface area contributed by atoms with Crippen molar-refractivity contribution in [2.75, 3.05) is 7.11 Å². The van der Waals surface area contributed by atoms with Gasteiger partial charge >= 0.3 is 0 Å². The second kappa shape index (κ2) is 4.52. The van der Waals surface area contributed by atoms with E-state index in [4.69, 9.17) is 4.74 Å². The number of hydrogen-bond donors (Lipinski definition) is 1. The average molecular weight is 221 g/mol. The fourth-order valence-corrected chi connectivity index (χ4v) is 2.48. The Balaban J connectivity index is 2.23. The van der Waals surface area contributed by atoms with Crippen LogP contribution in [0.25, 0.3) is 0 Å². The van der Waals surface area contributed by atoms with Crippen molar-refractivity contribution in [3.05, 3.63) is 29.6 Å². The first-order chi connectivity index (χ1) is 7.64. The molecule has 2 rings (SSSR count). The molecule has 0 saturated heterocycles. The van der Waals surface area contributed by atoms with Crippen LogP contribution < -0.4 is 0 Å². The zero-order valence-electron chi connectivity index (χ0n) is 9.94. The minimum Gasteiger partial charge on any atom is -0.385 e. The van der Waals surface area contributed by atoms with E-state index in [1.54, 1.807) is 13.3 Å². The summed E-state index contributed by atoms with van der Waals surface area (Å²) < 4.78 is 5.36. The van der Waals surface area contributed by atoms with Crippen molar-refractivity contribution in [3.63, 3.8) is 0 Å². The van der Waals surface area contributed by atoms with Gasteiger partial charge in [-0.25, -0.2) is 0 Å². The van der Waals surface area contributed by atoms with Gasteiger partial charge in [0.15, 0.2) is 0 Å². The third-order valence-corrected chi connectivity index (χ3v) is 3.43. The minimum absolute atomic E-state index is 0.166. The van der Waals surface area contributed by atoms with E-state index in [0.717, 1.165) is 30.4 Å². The summed E-state index contributed by atoms with van der Waals surface area (Å²) in [4.78, 5) is 4.15. The van der Waals surface area contributed by atoms with Crippen LogP contribution in [0.5, 0.6) is 0 Å². The molecule has 0 radical (unpaired) electrons. The zero-order chi connectivity index (χ0) is 11.6. The zero-order valence-corrected chi connectivity index (χ0v) is 9.94. The van der Waals surface area contributed by atoms with E-state index in [2.05, 4.69) is 4.98 Å². The average Bonchev–Trinajstić information content (AvgIpc) is 2.29. The van der Waals surface area contributed by atoms with E-state index in [9.17, 15) is 5.11 Å². The van der Waals surface area contributed by atoms with E-state index in [-0.39, 0.29) is 6.10 Å². The van der Waals surface area contributed by atoms with Crippen molar-refractivity contribution < 1.29 is 9.84 Å². The van der Waals surface area contributed by atoms with Crippen LogP contribution >= 0.6 is 0 Å². The highest BCUT2D eigenvalue weighted by Gasteiger charge is 2.36. The van der Waals surface area contributed by atoms with Crippen molar-refractivity contribution in [3.8, 4) is 0 Å². The highest BCUT2D eigenvalue weighted by molar-refractivity contribution is 5.23. The van der Waals surface area contributed by atoms with Crippen molar-refractivity contribution in [2.24, 2.45) is 0 Å². The molecule has 1 fully saturated rings. The van der Waals surface area contributed by atoms with Crippen LogP contribution in [0, 0.1) is 6.92 Å². The van der Waals surface area contributed by atoms with Gasteiger partial charge in [-0.2, -0.15) is 0 Å². The fraction of sp³-hybridized carbons (Fsp3) is 0.615. The fourth-order valence-electron chi connectivity index (χ4n) is 2.48. The van der Waals surface area contributed by atoms with Crippen LogP contribution in [0.1, 0.15) is 36.8 Å². The number of aryl methyl sites for hydroxylation is 1. The lowest BCUT2D eigenvalue weighted by atomic mass is 9.78. The lowest BCUT2D eigenvalue weighted by molar-refractivity contribution is -0.0633. The monoisotopic (exact) mass is 221 g/mol. The van der Waals surface area contributed by atoms with Gasteiger partial charge in [0.2, 0.25) is 0 Å². The van der Waals surface area contributed by atoms with Crippen LogP contribution in [0.3, 0.4) is 0 Å². The molecule has 3 nitrogen and oxygen atoms in total. The Bertz CT molecular complexity index is 367. The van der Waals surface area contributed by atoms with Crippen molar-refractivity contribution in [1.29, 1.82) is 0 Å². The Morgan fingerprint density at radius 1 is 1.50 bits per heavy atom. The summed E-state index contributed by atoms with van der Waals surface area (Å²) in [5, 5.41) is 10.6. The molecule has 16 heavy (non-hydrogen) atoms. The van der Waals surface area contributed by atoms with E-state index in [1.807, 2.05) is 19.2 Å². The normalized spacial score (nSPS) is 30.3. The third-order valence-electron chi connectivity index (χ3n) is 3.43. The maximum absolute atomic E-state index is 10.6. The predicted octanol–water partition coefficient (Wildman–Crippen LogP) is 2.17. The van der Waals surface area contributed by atoms with Gasteiger partial charge in [-0.15, -0.1) is 0 Å². The first-order valence-corrected chi connectivity index (χ1v) is 5.81. The number of nitrogens with zero attached hydrogens (tertiary/aromatic N) is 1. The van der Waals surface area contributed by atoms with Gasteiger partial charge in [0.05, 0.1) is 11.7 Å². The summed E-state index contributed by atoms with van der Waals surface area (Å²) in [5.74, 6) is 0. The van der Waals surface area contributed by atoms with Gasteiger partial charge in [-0.3, -0.25) is 4.98 Å². The number of aliphatic hydroxyl groups is 1. The molecular formula is C13H19NO2. The molecule has 1 aliphatic carbocycles. The molecule has 1 aliphatic rings. The first-order valence-electron chi connectivity index (χ1n) is 5.81. The smallest absolute Gasteiger partial charge is 0.0936 e. The van der Waals surface area contributed by atoms with E-state index in [0.29, 0.717) is 6.42 Å². The van der Waals surface area contributed by atoms with Gasteiger partial charge in [0, 0.05) is 31.5 Å². The molecule has 1 aromatic rings. The molecule has 0 spiro atoms. The minimum atomic E-state index is -0.752. The number of ether oxygens (including phenoxy) is 1. The van der Waals surface area contributed by atoms with Crippen molar-refractivity contribution in [1.82, 2.24) is 4.98 Å². The van der Waals surface area contributed by atoms with Gasteiger partial charge in [0.25, 0.3) is 0 Å². The number of aromatic nitrogens is 1. The number of rotatable bonds is 2. The van der Waals surface area contributed by atoms with Crippen LogP contribution in [-0.4, -0.2) is 23.3 Å². The Hall–Kier alpha value is -0.930. The molecule has 1 saturated carbocycles. The van der Waals surface area contributed by atoms with Crippen molar-refractivity contribution >= 4 is 0 Å². The SMILES string of the molecule is COC1CCCC(O)(c2cncc(C)c2)C1. The second-order valence-corrected chi connectivity index (χ2v) is 4.74. The summed E-state index contributed by atoms with van der Waals surface area (Å²) in [7, 11) is 1.71. The first kappa shape index (κ1) is 11.6. The maximum Gasteiger partial charge on any atom is 0.0936 e. The molecule has 0 amide bonds. The van der Waals surface area contributed by atoms with Crippen LogP contribution in [0.2, 0.25) is 0 Å². The summed E-state index contributed by atoms with van der Waals surface area (Å²) in [6.45, 7) is 2.00. The highest BCUT2D eigenvalue weighted by atomic mass is 16.5. The molecule has 1 aromatic heterocycles. The van der Waals surface area contributed by atoms with Crippen LogP contribution in [-0.2, 0) is 10.3 Å². The van der Waals surface area contributed by atoms with E-state index < -0.39 is 5.60 Å². The Labute approximate surface area is 96.5 Å². The van der Waals surface area contributed by atoms with E-state index in [1.165, 1.54) is 0 Å². The maximum atomic E-state index is 10.6. The Kier molecular flexibility index (Phi) is 3.26. The Morgan fingerprint density at radius 2 is 2.31 bits per heavy atom. The largest absolute Gasteiger partial charge is 0.385 e. The molecule has 2 unspecified atom stereocenters. The number of hydrogen-bond acceptors (Lipinski definition) is 3. The molecule has 1 N–H and O–H groups in total. The second-order valence-electron chi connectivity index (χ2n) is 4.74. The molecule has 2 atom stereocenters. The number of pyridine rings is 1. The van der Waals surface area contributed by atoms with Crippen molar-refractivity contribution in [2.45, 2.75) is 44.3 Å². The Morgan fingerprint density at radius 3 is 3.00 bits per heavy atom. The predicted molar refractivity (Wildman–Crippen MR) is 62.1 cm³/mol. The van der Waals surface area contributed by atoms with Crippen LogP contribution in [0.15, 0.2) is 18.5 Å². The summed E-state index contributed by atoms with van der Waals surface area (Å²) >= 11 is 0. The lowest BCUT2D eigenvalue weighted by Crippen LogP contribution is -2.36. The standard InChI is InChI=1S/C13H19NO2/c1-10-6-11(9-14-8-10)13(15)5-3-4-12(7-13)16-2/h6,8-9,12,15H,3-5,7H2,1-2H3. The van der Waals surface area contributed by atoms with E-state index >= 15 is 0 Å². The molecular weight excluding hydrogens is 202 g/mol. The summed E-state index contributed by atoms with van der Waals surface area (Å²) in [6, 6.07) is 2.02. The molecule has 3 heteroatoms. The molecule has 0 bridgehead atoms. The molecule has 1 heterocycles. The molecule has 0 aliphatic heterocycles. The van der Waals surface area contributed by atoms with Gasteiger partial charge in [0.1, 0.15) is 0 Å². The number of methoxy groups -OCH3 is 1. The lowest BCUT2D eigenvalue weighted by Gasteiger charge is -2.36. The van der Waals surface area contributed by atoms with Crippen LogP contribution in [0.4, 0.5) is 0 Å².